The summed E-state index contributed by atoms with van der Waals surface area (Å²) in [5, 5.41) is 9.99. The number of benzene rings is 16. The summed E-state index contributed by atoms with van der Waals surface area (Å²) in [6.07, 6.45) is 11.8. The van der Waals surface area contributed by atoms with Crippen molar-refractivity contribution in [3.63, 3.8) is 0 Å². The second-order valence-corrected chi connectivity index (χ2v) is 27.4. The molecule has 0 spiro atoms. The van der Waals surface area contributed by atoms with Crippen molar-refractivity contribution in [3.05, 3.63) is 473 Å². The fourth-order valence-electron chi connectivity index (χ4n) is 15.7. The zero-order valence-electron chi connectivity index (χ0n) is 74.5. The molecule has 4 aliphatic rings. The summed E-state index contributed by atoms with van der Waals surface area (Å²) in [6, 6.07) is 132. The molecule has 0 saturated carbocycles. The third-order valence-electron chi connectivity index (χ3n) is 21.0. The molecule has 4 aliphatic carbocycles. The SMILES string of the molecule is CC.CC.CC.CC.CC.CC.CC.CC.[Y].[Y].[Y].[Y].[c-]1cc2c(cc1Cc1[c-]c3ccccc3cc1)Cc1ccccc1C2.[c-]1cc2ccccc2cc1Cc1[c-]ccc2c1Cc1ccccc1C2.[c-]1ccc2c(c1Cc1[c-]c3ccccc3cc1)Cc1ccccc1C2.[c-]1ccc2c(c1Cc1[c-]ccc3ccccc13)Cc1ccccc1C2. The Morgan fingerprint density at radius 2 is 0.508 bits per heavy atom. The third kappa shape index (κ3) is 27.5. The van der Waals surface area contributed by atoms with Crippen LogP contribution in [0.3, 0.4) is 0 Å². The van der Waals surface area contributed by atoms with Gasteiger partial charge in [-0.3, -0.25) is 0 Å². The molecule has 0 N–H and O–H groups in total. The third-order valence-corrected chi connectivity index (χ3v) is 21.0. The van der Waals surface area contributed by atoms with Crippen molar-refractivity contribution in [2.24, 2.45) is 0 Å². The Balaban J connectivity index is 0.000000266. The maximum absolute atomic E-state index is 3.58. The van der Waals surface area contributed by atoms with Gasteiger partial charge < -0.3 is 0 Å². The van der Waals surface area contributed by atoms with Crippen LogP contribution in [0, 0.1) is 48.5 Å². The summed E-state index contributed by atoms with van der Waals surface area (Å²) in [5.41, 5.74) is 33.5. The molecule has 0 aromatic heterocycles. The Morgan fingerprint density at radius 1 is 0.200 bits per heavy atom. The topological polar surface area (TPSA) is 0 Å². The van der Waals surface area contributed by atoms with Gasteiger partial charge >= 0.3 is 0 Å². The Hall–Kier alpha value is -7.02. The quantitative estimate of drug-likeness (QED) is 0.133. The number of hydrogen-bond acceptors (Lipinski definition) is 0. The Kier molecular flexibility index (Phi) is 48.3. The molecule has 0 bridgehead atoms. The van der Waals surface area contributed by atoms with Gasteiger partial charge in [0.1, 0.15) is 0 Å². The van der Waals surface area contributed by atoms with Crippen LogP contribution in [-0.4, -0.2) is 0 Å². The first-order valence-corrected chi connectivity index (χ1v) is 43.4. The monoisotopic (exact) mass is 1870 g/mol. The molecule has 0 fully saturated rings. The molecular formula is C116H120Y4-8. The predicted molar refractivity (Wildman–Crippen MR) is 502 cm³/mol. The second kappa shape index (κ2) is 56.0. The Bertz CT molecular complexity index is 5520. The maximum atomic E-state index is 3.58. The molecule has 0 saturated heterocycles. The maximum Gasteiger partial charge on any atom is 0 e. The van der Waals surface area contributed by atoms with Crippen LogP contribution in [0.15, 0.2) is 291 Å². The largest absolute Gasteiger partial charge is 0.180 e. The molecule has 0 unspecified atom stereocenters. The molecule has 0 heterocycles. The van der Waals surface area contributed by atoms with Crippen LogP contribution in [0.5, 0.6) is 0 Å². The molecule has 4 radical (unpaired) electrons. The van der Waals surface area contributed by atoms with E-state index in [2.05, 4.69) is 334 Å². The molecule has 120 heavy (non-hydrogen) atoms. The molecule has 0 amide bonds. The molecule has 0 atom stereocenters. The summed E-state index contributed by atoms with van der Waals surface area (Å²) >= 11 is 0. The van der Waals surface area contributed by atoms with Crippen molar-refractivity contribution in [3.8, 4) is 0 Å². The molecule has 0 nitrogen and oxygen atoms in total. The van der Waals surface area contributed by atoms with Crippen LogP contribution in [0.1, 0.15) is 244 Å². The van der Waals surface area contributed by atoms with Gasteiger partial charge in [0.2, 0.25) is 0 Å². The predicted octanol–water partition coefficient (Wildman–Crippen LogP) is 30.3. The first-order valence-electron chi connectivity index (χ1n) is 43.4. The van der Waals surface area contributed by atoms with Crippen molar-refractivity contribution in [2.75, 3.05) is 0 Å². The number of hydrogen-bond donors (Lipinski definition) is 0. The Morgan fingerprint density at radius 3 is 0.950 bits per heavy atom. The fraction of sp³-hybridized carbons (Fsp3) is 0.241. The van der Waals surface area contributed by atoms with E-state index in [0.717, 1.165) is 77.0 Å². The fourth-order valence-corrected chi connectivity index (χ4v) is 15.7. The van der Waals surface area contributed by atoms with E-state index in [1.807, 2.05) is 117 Å². The van der Waals surface area contributed by atoms with Gasteiger partial charge in [-0.1, -0.05) is 291 Å². The van der Waals surface area contributed by atoms with Crippen LogP contribution in [0.4, 0.5) is 0 Å². The van der Waals surface area contributed by atoms with Gasteiger partial charge in [-0.2, -0.15) is 143 Å². The average molecular weight is 1870 g/mol. The van der Waals surface area contributed by atoms with E-state index >= 15 is 0 Å². The summed E-state index contributed by atoms with van der Waals surface area (Å²) < 4.78 is 0. The van der Waals surface area contributed by atoms with E-state index in [9.17, 15) is 0 Å². The minimum atomic E-state index is 0. The smallest absolute Gasteiger partial charge is 0 e. The van der Waals surface area contributed by atoms with Crippen LogP contribution >= 0.6 is 0 Å². The van der Waals surface area contributed by atoms with Crippen molar-refractivity contribution >= 4 is 43.1 Å². The summed E-state index contributed by atoms with van der Waals surface area (Å²) in [5.74, 6) is 0. The molecule has 20 rings (SSSR count). The zero-order valence-corrected chi connectivity index (χ0v) is 85.9. The van der Waals surface area contributed by atoms with E-state index < -0.39 is 0 Å². The number of fused-ring (bicyclic) bond motifs is 12. The van der Waals surface area contributed by atoms with Gasteiger partial charge in [-0.05, 0) is 99.3 Å². The van der Waals surface area contributed by atoms with Gasteiger partial charge in [0.25, 0.3) is 0 Å². The standard InChI is InChI=1S/4C25H18.8C2H6.4Y/c1-2-9-20-17-25-22(15-19(20)8-1)12-6-13-23(25)16-21-11-5-10-18-7-3-4-14-24(18)21;2*1-2-7-20-14-18(12-13-19(20)6-1)15-23-10-5-11-24-16-21-8-3-4-9-22(21)17-25(23)24;1-2-6-21-14-18(9-11-20(21)5-1)13-19-10-12-24-16-22-7-3-4-8-23(22)17-25(24)15-19;8*1-2;;;;/h1-10,12,14H,15-17H2;1-9,11,13-14H,15-17H2;1-9,11-13H,15-17H2;1-9,11-12,15H,13,16-17H2;8*1-2H3;;;;/q4*-2;;;;;;;;;;;;. The van der Waals surface area contributed by atoms with E-state index in [0.29, 0.717) is 0 Å². The van der Waals surface area contributed by atoms with E-state index in [1.165, 1.54) is 177 Å². The van der Waals surface area contributed by atoms with E-state index in [1.54, 1.807) is 0 Å². The number of rotatable bonds is 8. The van der Waals surface area contributed by atoms with Crippen LogP contribution in [0.25, 0.3) is 43.1 Å². The summed E-state index contributed by atoms with van der Waals surface area (Å²) in [7, 11) is 0. The van der Waals surface area contributed by atoms with Crippen molar-refractivity contribution in [1.82, 2.24) is 0 Å². The van der Waals surface area contributed by atoms with Crippen molar-refractivity contribution in [1.29, 1.82) is 0 Å². The van der Waals surface area contributed by atoms with Gasteiger partial charge in [-0.15, -0.1) is 172 Å². The molecule has 16 aromatic rings. The van der Waals surface area contributed by atoms with Crippen molar-refractivity contribution < 1.29 is 131 Å². The first kappa shape index (κ1) is 104. The molecule has 0 aliphatic heterocycles. The van der Waals surface area contributed by atoms with Gasteiger partial charge in [0.05, 0.1) is 0 Å². The van der Waals surface area contributed by atoms with Gasteiger partial charge in [-0.25, -0.2) is 0 Å². The average Bonchev–Trinajstić information content (AvgIpc) is 0.792. The molecular weight excluding hydrogens is 1750 g/mol. The minimum absolute atomic E-state index is 0. The Labute approximate surface area is 825 Å². The minimum Gasteiger partial charge on any atom is -0.180 e. The van der Waals surface area contributed by atoms with Gasteiger partial charge in [0.15, 0.2) is 0 Å². The zero-order chi connectivity index (χ0) is 82.6. The van der Waals surface area contributed by atoms with Gasteiger partial charge in [0, 0.05) is 131 Å². The van der Waals surface area contributed by atoms with E-state index in [-0.39, 0.29) is 131 Å². The van der Waals surface area contributed by atoms with E-state index in [4.69, 9.17) is 0 Å². The van der Waals surface area contributed by atoms with Crippen LogP contribution in [0.2, 0.25) is 0 Å². The molecule has 604 valence electrons. The molecule has 4 heteroatoms. The molecule has 16 aromatic carbocycles. The summed E-state index contributed by atoms with van der Waals surface area (Å²) in [4.78, 5) is 0. The summed E-state index contributed by atoms with van der Waals surface area (Å²) in [6.45, 7) is 32.0. The van der Waals surface area contributed by atoms with Crippen molar-refractivity contribution in [2.45, 2.75) is 188 Å². The van der Waals surface area contributed by atoms with Crippen LogP contribution in [-0.2, 0) is 208 Å². The first-order chi connectivity index (χ1) is 57.5. The normalized spacial score (nSPS) is 10.9. The second-order valence-electron chi connectivity index (χ2n) is 27.4. The van der Waals surface area contributed by atoms with Crippen LogP contribution < -0.4 is 0 Å².